The van der Waals surface area contributed by atoms with Crippen molar-refractivity contribution < 1.29 is 14.2 Å². The highest BCUT2D eigenvalue weighted by Gasteiger charge is 2.27. The topological polar surface area (TPSA) is 29.5 Å². The van der Waals surface area contributed by atoms with Crippen molar-refractivity contribution in [3.8, 4) is 0 Å². The summed E-state index contributed by atoms with van der Waals surface area (Å²) < 4.78 is 18.7. The molecular formula is C11H14BrFO2. The molecule has 0 radical (unpaired) electrons. The Labute approximate surface area is 97.2 Å². The molecule has 84 valence electrons. The SMILES string of the molecule is OC[C@@](F)(CBr)COCc1ccccc1. The van der Waals surface area contributed by atoms with E-state index in [0.29, 0.717) is 6.61 Å². The first-order valence-electron chi connectivity index (χ1n) is 4.67. The highest BCUT2D eigenvalue weighted by Crippen LogP contribution is 2.15. The molecular weight excluding hydrogens is 263 g/mol. The molecule has 0 saturated carbocycles. The summed E-state index contributed by atoms with van der Waals surface area (Å²) >= 11 is 3.00. The number of hydrogen-bond donors (Lipinski definition) is 1. The van der Waals surface area contributed by atoms with Gasteiger partial charge in [0.15, 0.2) is 5.67 Å². The lowest BCUT2D eigenvalue weighted by molar-refractivity contribution is -0.0111. The Kier molecular flexibility index (Phi) is 5.22. The van der Waals surface area contributed by atoms with Crippen LogP contribution in [-0.2, 0) is 11.3 Å². The summed E-state index contributed by atoms with van der Waals surface area (Å²) in [5, 5.41) is 8.87. The van der Waals surface area contributed by atoms with Gasteiger partial charge in [0.05, 0.1) is 19.8 Å². The van der Waals surface area contributed by atoms with Crippen LogP contribution in [0.1, 0.15) is 5.56 Å². The minimum Gasteiger partial charge on any atom is -0.393 e. The summed E-state index contributed by atoms with van der Waals surface area (Å²) in [7, 11) is 0. The van der Waals surface area contributed by atoms with Crippen molar-refractivity contribution in [3.05, 3.63) is 35.9 Å². The fourth-order valence-electron chi connectivity index (χ4n) is 1.05. The fraction of sp³-hybridized carbons (Fsp3) is 0.455. The maximum Gasteiger partial charge on any atom is 0.166 e. The van der Waals surface area contributed by atoms with Gasteiger partial charge in [-0.15, -0.1) is 0 Å². The molecule has 0 unspecified atom stereocenters. The van der Waals surface area contributed by atoms with Crippen molar-refractivity contribution in [3.63, 3.8) is 0 Å². The van der Waals surface area contributed by atoms with Crippen molar-refractivity contribution in [2.24, 2.45) is 0 Å². The molecule has 4 heteroatoms. The Morgan fingerprint density at radius 2 is 2.00 bits per heavy atom. The zero-order valence-electron chi connectivity index (χ0n) is 8.33. The lowest BCUT2D eigenvalue weighted by Crippen LogP contribution is -2.35. The van der Waals surface area contributed by atoms with E-state index in [2.05, 4.69) is 15.9 Å². The van der Waals surface area contributed by atoms with E-state index in [1.165, 1.54) is 0 Å². The minimum atomic E-state index is -1.69. The van der Waals surface area contributed by atoms with Gasteiger partial charge in [0.1, 0.15) is 0 Å². The molecule has 0 bridgehead atoms. The lowest BCUT2D eigenvalue weighted by atomic mass is 10.2. The maximum absolute atomic E-state index is 13.5. The van der Waals surface area contributed by atoms with Crippen LogP contribution in [0, 0.1) is 0 Å². The third-order valence-corrected chi connectivity index (χ3v) is 3.00. The van der Waals surface area contributed by atoms with E-state index in [1.54, 1.807) is 0 Å². The van der Waals surface area contributed by atoms with Gasteiger partial charge in [0, 0.05) is 5.33 Å². The molecule has 0 aliphatic heterocycles. The van der Waals surface area contributed by atoms with E-state index in [9.17, 15) is 4.39 Å². The molecule has 1 aromatic carbocycles. The van der Waals surface area contributed by atoms with Gasteiger partial charge in [0.25, 0.3) is 0 Å². The second kappa shape index (κ2) is 6.20. The van der Waals surface area contributed by atoms with Crippen LogP contribution < -0.4 is 0 Å². The Balaban J connectivity index is 2.33. The first-order chi connectivity index (χ1) is 7.20. The number of halogens is 2. The number of ether oxygens (including phenoxy) is 1. The van der Waals surface area contributed by atoms with Gasteiger partial charge in [-0.3, -0.25) is 0 Å². The molecule has 0 aromatic heterocycles. The summed E-state index contributed by atoms with van der Waals surface area (Å²) in [4.78, 5) is 0. The summed E-state index contributed by atoms with van der Waals surface area (Å²) in [6, 6.07) is 9.53. The van der Waals surface area contributed by atoms with Crippen molar-refractivity contribution in [1.29, 1.82) is 0 Å². The van der Waals surface area contributed by atoms with Gasteiger partial charge in [-0.2, -0.15) is 0 Å². The van der Waals surface area contributed by atoms with E-state index in [-0.39, 0.29) is 11.9 Å². The fourth-order valence-corrected chi connectivity index (χ4v) is 1.39. The average molecular weight is 277 g/mol. The molecule has 0 heterocycles. The predicted octanol–water partition coefficient (Wildman–Crippen LogP) is 2.30. The van der Waals surface area contributed by atoms with Gasteiger partial charge < -0.3 is 9.84 Å². The Bertz CT molecular complexity index is 275. The minimum absolute atomic E-state index is 0.0747. The lowest BCUT2D eigenvalue weighted by Gasteiger charge is -2.19. The molecule has 0 spiro atoms. The van der Waals surface area contributed by atoms with E-state index in [0.717, 1.165) is 5.56 Å². The van der Waals surface area contributed by atoms with Crippen molar-refractivity contribution in [1.82, 2.24) is 0 Å². The summed E-state index contributed by atoms with van der Waals surface area (Å²) in [6.45, 7) is -0.282. The van der Waals surface area contributed by atoms with Crippen LogP contribution in [0.2, 0.25) is 0 Å². The maximum atomic E-state index is 13.5. The van der Waals surface area contributed by atoms with Gasteiger partial charge in [-0.1, -0.05) is 46.3 Å². The Morgan fingerprint density at radius 3 is 2.53 bits per heavy atom. The number of aliphatic hydroxyl groups excluding tert-OH is 1. The Morgan fingerprint density at radius 1 is 1.33 bits per heavy atom. The number of alkyl halides is 2. The van der Waals surface area contributed by atoms with E-state index in [1.807, 2.05) is 30.3 Å². The van der Waals surface area contributed by atoms with Crippen LogP contribution >= 0.6 is 15.9 Å². The molecule has 1 aromatic rings. The second-order valence-electron chi connectivity index (χ2n) is 3.42. The summed E-state index contributed by atoms with van der Waals surface area (Å²) in [5.74, 6) is 0. The van der Waals surface area contributed by atoms with E-state index >= 15 is 0 Å². The third-order valence-electron chi connectivity index (χ3n) is 2.00. The van der Waals surface area contributed by atoms with Gasteiger partial charge in [0.2, 0.25) is 0 Å². The van der Waals surface area contributed by atoms with E-state index in [4.69, 9.17) is 9.84 Å². The molecule has 2 nitrogen and oxygen atoms in total. The molecule has 0 saturated heterocycles. The zero-order chi connectivity index (χ0) is 11.1. The quantitative estimate of drug-likeness (QED) is 0.808. The highest BCUT2D eigenvalue weighted by atomic mass is 79.9. The van der Waals surface area contributed by atoms with Crippen molar-refractivity contribution in [2.75, 3.05) is 18.5 Å². The summed E-state index contributed by atoms with van der Waals surface area (Å²) in [6.07, 6.45) is 0. The van der Waals surface area contributed by atoms with Crippen LogP contribution in [0.25, 0.3) is 0 Å². The molecule has 0 aliphatic carbocycles. The number of benzene rings is 1. The number of hydrogen-bond acceptors (Lipinski definition) is 2. The predicted molar refractivity (Wildman–Crippen MR) is 60.8 cm³/mol. The monoisotopic (exact) mass is 276 g/mol. The van der Waals surface area contributed by atoms with Gasteiger partial charge >= 0.3 is 0 Å². The highest BCUT2D eigenvalue weighted by molar-refractivity contribution is 9.09. The molecule has 0 fully saturated rings. The van der Waals surface area contributed by atoms with Crippen LogP contribution in [0.3, 0.4) is 0 Å². The molecule has 0 aliphatic rings. The van der Waals surface area contributed by atoms with Crippen LogP contribution in [0.15, 0.2) is 30.3 Å². The smallest absolute Gasteiger partial charge is 0.166 e. The standard InChI is InChI=1S/C11H14BrFO2/c12-7-11(13,8-14)9-15-6-10-4-2-1-3-5-10/h1-5,14H,6-9H2/t11-/m0/s1. The largest absolute Gasteiger partial charge is 0.393 e. The summed E-state index contributed by atoms with van der Waals surface area (Å²) in [5.41, 5.74) is -0.693. The van der Waals surface area contributed by atoms with Crippen molar-refractivity contribution >= 4 is 15.9 Å². The molecule has 1 N–H and O–H groups in total. The second-order valence-corrected chi connectivity index (χ2v) is 3.98. The van der Waals surface area contributed by atoms with Crippen molar-refractivity contribution in [2.45, 2.75) is 12.3 Å². The van der Waals surface area contributed by atoms with E-state index < -0.39 is 12.3 Å². The molecule has 15 heavy (non-hydrogen) atoms. The van der Waals surface area contributed by atoms with Crippen LogP contribution in [-0.4, -0.2) is 29.3 Å². The van der Waals surface area contributed by atoms with Crippen LogP contribution in [0.5, 0.6) is 0 Å². The first kappa shape index (κ1) is 12.6. The average Bonchev–Trinajstić information content (AvgIpc) is 2.30. The zero-order valence-corrected chi connectivity index (χ0v) is 9.91. The molecule has 1 rings (SSSR count). The molecule has 0 amide bonds. The molecule has 1 atom stereocenters. The van der Waals surface area contributed by atoms with Gasteiger partial charge in [-0.05, 0) is 5.56 Å². The van der Waals surface area contributed by atoms with Gasteiger partial charge in [-0.25, -0.2) is 4.39 Å². The number of rotatable bonds is 6. The van der Waals surface area contributed by atoms with Crippen LogP contribution in [0.4, 0.5) is 4.39 Å². The number of aliphatic hydroxyl groups is 1. The normalized spacial score (nSPS) is 14.9. The third kappa shape index (κ3) is 4.28. The Hall–Kier alpha value is -0.450. The first-order valence-corrected chi connectivity index (χ1v) is 5.80.